The zero-order valence-electron chi connectivity index (χ0n) is 5.65. The molecule has 1 aromatic rings. The van der Waals surface area contributed by atoms with Gasteiger partial charge in [-0.1, -0.05) is 0 Å². The van der Waals surface area contributed by atoms with Gasteiger partial charge in [-0.2, -0.15) is 4.79 Å². The van der Waals surface area contributed by atoms with E-state index in [4.69, 9.17) is 12.3 Å². The molecule has 0 aliphatic heterocycles. The topological polar surface area (TPSA) is 47.1 Å². The van der Waals surface area contributed by atoms with Gasteiger partial charge in [-0.15, -0.1) is 11.5 Å². The van der Waals surface area contributed by atoms with Crippen molar-refractivity contribution in [2.75, 3.05) is 12.2 Å². The minimum absolute atomic E-state index is 0.581. The van der Waals surface area contributed by atoms with Crippen LogP contribution in [0.15, 0.2) is 12.3 Å². The zero-order valence-corrected chi connectivity index (χ0v) is 5.65. The van der Waals surface area contributed by atoms with Crippen molar-refractivity contribution < 1.29 is 0 Å². The third kappa shape index (κ3) is 1.09. The summed E-state index contributed by atoms with van der Waals surface area (Å²) in [5.74, 6) is 7.74. The number of rotatable bonds is 1. The molecule has 0 radical (unpaired) electrons. The van der Waals surface area contributed by atoms with Gasteiger partial charge in [0.05, 0.1) is 6.20 Å². The summed E-state index contributed by atoms with van der Waals surface area (Å²) in [6.45, 7) is 0. The van der Waals surface area contributed by atoms with E-state index in [9.17, 15) is 0 Å². The van der Waals surface area contributed by atoms with Crippen molar-refractivity contribution in [1.82, 2.24) is 9.89 Å². The standard InChI is InChI=1S/C6H8N4/c1-3-6-4-5-10(8-6)9(2)7/h1,4-5H,7H2,2H3. The number of nitrogens with two attached hydrogens (primary N) is 1. The lowest BCUT2D eigenvalue weighted by Crippen LogP contribution is -2.37. The Labute approximate surface area is 59.2 Å². The van der Waals surface area contributed by atoms with Crippen LogP contribution < -0.4 is 11.0 Å². The molecule has 1 heterocycles. The van der Waals surface area contributed by atoms with Crippen molar-refractivity contribution in [2.45, 2.75) is 0 Å². The average molecular weight is 136 g/mol. The maximum atomic E-state index is 5.35. The normalized spacial score (nSPS) is 8.90. The van der Waals surface area contributed by atoms with E-state index in [0.717, 1.165) is 0 Å². The van der Waals surface area contributed by atoms with Gasteiger partial charge in [0.25, 0.3) is 0 Å². The van der Waals surface area contributed by atoms with Gasteiger partial charge in [-0.05, 0) is 12.0 Å². The highest BCUT2D eigenvalue weighted by atomic mass is 15.8. The van der Waals surface area contributed by atoms with Crippen LogP contribution in [0.5, 0.6) is 0 Å². The third-order valence-corrected chi connectivity index (χ3v) is 1.05. The third-order valence-electron chi connectivity index (χ3n) is 1.05. The van der Waals surface area contributed by atoms with Crippen molar-refractivity contribution >= 4 is 0 Å². The van der Waals surface area contributed by atoms with Crippen molar-refractivity contribution in [2.24, 2.45) is 5.84 Å². The van der Waals surface area contributed by atoms with Crippen LogP contribution in [0.2, 0.25) is 0 Å². The van der Waals surface area contributed by atoms with Crippen LogP contribution in [0.4, 0.5) is 0 Å². The molecule has 0 aromatic carbocycles. The molecule has 0 spiro atoms. The van der Waals surface area contributed by atoms with E-state index in [1.54, 1.807) is 19.3 Å². The van der Waals surface area contributed by atoms with E-state index in [1.165, 1.54) is 9.91 Å². The zero-order chi connectivity index (χ0) is 7.56. The maximum absolute atomic E-state index is 5.35. The van der Waals surface area contributed by atoms with Gasteiger partial charge in [0, 0.05) is 7.05 Å². The molecule has 0 aliphatic rings. The first-order valence-electron chi connectivity index (χ1n) is 2.75. The van der Waals surface area contributed by atoms with Crippen LogP contribution >= 0.6 is 0 Å². The SMILES string of the molecule is C#Cc1ccn(N(C)N)n1. The quantitative estimate of drug-likeness (QED) is 0.315. The molecule has 0 amide bonds. The second-order valence-electron chi connectivity index (χ2n) is 1.84. The smallest absolute Gasteiger partial charge is 0.137 e. The Morgan fingerprint density at radius 3 is 2.90 bits per heavy atom. The number of nitrogens with zero attached hydrogens (tertiary/aromatic N) is 3. The summed E-state index contributed by atoms with van der Waals surface area (Å²) in [4.78, 5) is 1.45. The Morgan fingerprint density at radius 2 is 2.60 bits per heavy atom. The predicted molar refractivity (Wildman–Crippen MR) is 38.5 cm³/mol. The fourth-order valence-corrected chi connectivity index (χ4v) is 0.567. The van der Waals surface area contributed by atoms with Gasteiger partial charge < -0.3 is 0 Å². The van der Waals surface area contributed by atoms with Crippen LogP contribution in [0.3, 0.4) is 0 Å². The summed E-state index contributed by atoms with van der Waals surface area (Å²) in [5, 5.41) is 5.24. The average Bonchev–Trinajstić information content (AvgIpc) is 2.34. The summed E-state index contributed by atoms with van der Waals surface area (Å²) < 4.78 is 0. The molecule has 0 unspecified atom stereocenters. The van der Waals surface area contributed by atoms with E-state index in [0.29, 0.717) is 5.69 Å². The Hall–Kier alpha value is -1.47. The molecular weight excluding hydrogens is 128 g/mol. The fraction of sp³-hybridized carbons (Fsp3) is 0.167. The molecule has 0 aliphatic carbocycles. The lowest BCUT2D eigenvalue weighted by molar-refractivity contribution is 0.598. The van der Waals surface area contributed by atoms with E-state index in [1.807, 2.05) is 0 Å². The largest absolute Gasteiger partial charge is 0.236 e. The maximum Gasteiger partial charge on any atom is 0.137 e. The molecule has 0 fully saturated rings. The Bertz CT molecular complexity index is 255. The number of hydrazine groups is 1. The van der Waals surface area contributed by atoms with Gasteiger partial charge in [0.2, 0.25) is 0 Å². The molecule has 1 aromatic heterocycles. The van der Waals surface area contributed by atoms with Gasteiger partial charge in [0.15, 0.2) is 0 Å². The molecule has 0 atom stereocenters. The van der Waals surface area contributed by atoms with Gasteiger partial charge in [-0.3, -0.25) is 0 Å². The summed E-state index contributed by atoms with van der Waals surface area (Å²) >= 11 is 0. The van der Waals surface area contributed by atoms with Crippen molar-refractivity contribution in [3.63, 3.8) is 0 Å². The Kier molecular flexibility index (Phi) is 1.61. The molecular formula is C6H8N4. The number of hydrogen-bond donors (Lipinski definition) is 1. The summed E-state index contributed by atoms with van der Waals surface area (Å²) in [5.41, 5.74) is 0.581. The monoisotopic (exact) mass is 136 g/mol. The number of hydrogen-bond acceptors (Lipinski definition) is 3. The molecule has 0 saturated carbocycles. The first kappa shape index (κ1) is 6.65. The Morgan fingerprint density at radius 1 is 1.90 bits per heavy atom. The molecule has 4 nitrogen and oxygen atoms in total. The van der Waals surface area contributed by atoms with Crippen LogP contribution in [0.1, 0.15) is 5.69 Å². The lowest BCUT2D eigenvalue weighted by Gasteiger charge is -2.09. The molecule has 0 saturated heterocycles. The minimum atomic E-state index is 0.581. The molecule has 4 heteroatoms. The Balaban J connectivity index is 2.91. The lowest BCUT2D eigenvalue weighted by atomic mass is 10.5. The predicted octanol–water partition coefficient (Wildman–Crippen LogP) is -0.694. The van der Waals surface area contributed by atoms with Crippen molar-refractivity contribution in [3.8, 4) is 12.3 Å². The van der Waals surface area contributed by atoms with Gasteiger partial charge in [-0.25, -0.2) is 11.0 Å². The van der Waals surface area contributed by atoms with E-state index >= 15 is 0 Å². The number of aromatic nitrogens is 2. The first-order valence-corrected chi connectivity index (χ1v) is 2.75. The van der Waals surface area contributed by atoms with Crippen LogP contribution in [-0.4, -0.2) is 16.9 Å². The second kappa shape index (κ2) is 2.42. The fourth-order valence-electron chi connectivity index (χ4n) is 0.567. The van der Waals surface area contributed by atoms with Gasteiger partial charge >= 0.3 is 0 Å². The van der Waals surface area contributed by atoms with E-state index < -0.39 is 0 Å². The second-order valence-corrected chi connectivity index (χ2v) is 1.84. The highest BCUT2D eigenvalue weighted by molar-refractivity contribution is 5.21. The number of terminal acetylenes is 1. The highest BCUT2D eigenvalue weighted by Gasteiger charge is 1.94. The van der Waals surface area contributed by atoms with Crippen molar-refractivity contribution in [3.05, 3.63) is 18.0 Å². The molecule has 52 valence electrons. The minimum Gasteiger partial charge on any atom is -0.236 e. The summed E-state index contributed by atoms with van der Waals surface area (Å²) in [7, 11) is 1.67. The van der Waals surface area contributed by atoms with Crippen LogP contribution in [0, 0.1) is 12.3 Å². The van der Waals surface area contributed by atoms with Crippen molar-refractivity contribution in [1.29, 1.82) is 0 Å². The summed E-state index contributed by atoms with van der Waals surface area (Å²) in [6, 6.07) is 1.71. The van der Waals surface area contributed by atoms with Crippen LogP contribution in [-0.2, 0) is 0 Å². The van der Waals surface area contributed by atoms with Gasteiger partial charge in [0.1, 0.15) is 5.69 Å². The summed E-state index contributed by atoms with van der Waals surface area (Å²) in [6.07, 6.45) is 6.77. The molecule has 10 heavy (non-hydrogen) atoms. The molecule has 1 rings (SSSR count). The highest BCUT2D eigenvalue weighted by Crippen LogP contribution is 1.90. The molecule has 2 N–H and O–H groups in total. The molecule has 0 bridgehead atoms. The van der Waals surface area contributed by atoms with E-state index in [2.05, 4.69) is 11.0 Å². The van der Waals surface area contributed by atoms with E-state index in [-0.39, 0.29) is 0 Å². The first-order chi connectivity index (χ1) is 4.74. The van der Waals surface area contributed by atoms with Crippen LogP contribution in [0.25, 0.3) is 0 Å².